The van der Waals surface area contributed by atoms with E-state index in [2.05, 4.69) is 22.6 Å². The van der Waals surface area contributed by atoms with Gasteiger partial charge in [-0.3, -0.25) is 4.79 Å². The van der Waals surface area contributed by atoms with Crippen LogP contribution in [0.15, 0.2) is 0 Å². The van der Waals surface area contributed by atoms with Gasteiger partial charge in [0.15, 0.2) is 0 Å². The van der Waals surface area contributed by atoms with Crippen LogP contribution in [-0.4, -0.2) is 50.6 Å². The summed E-state index contributed by atoms with van der Waals surface area (Å²) in [7, 11) is 2.14. The van der Waals surface area contributed by atoms with Crippen molar-refractivity contribution in [1.82, 2.24) is 15.5 Å². The Bertz CT molecular complexity index is 228. The van der Waals surface area contributed by atoms with E-state index in [0.29, 0.717) is 18.3 Å². The van der Waals surface area contributed by atoms with Crippen molar-refractivity contribution in [2.45, 2.75) is 12.8 Å². The second kappa shape index (κ2) is 4.94. The molecule has 86 valence electrons. The maximum Gasteiger partial charge on any atom is 0.220 e. The maximum atomic E-state index is 11.5. The minimum absolute atomic E-state index is 0.232. The quantitative estimate of drug-likeness (QED) is 0.669. The van der Waals surface area contributed by atoms with Gasteiger partial charge in [0.2, 0.25) is 5.91 Å². The van der Waals surface area contributed by atoms with Gasteiger partial charge < -0.3 is 15.5 Å². The molecule has 2 fully saturated rings. The highest BCUT2D eigenvalue weighted by Crippen LogP contribution is 2.13. The van der Waals surface area contributed by atoms with Crippen LogP contribution >= 0.6 is 0 Å². The lowest BCUT2D eigenvalue weighted by Crippen LogP contribution is -2.45. The first-order chi connectivity index (χ1) is 7.24. The SMILES string of the molecule is CN1CCC(CNC(=O)CC2CNC2)C1. The molecule has 2 saturated heterocycles. The number of carbonyl (C=O) groups is 1. The molecule has 2 N–H and O–H groups in total. The molecule has 0 saturated carbocycles. The van der Waals surface area contributed by atoms with Gasteiger partial charge in [-0.1, -0.05) is 0 Å². The minimum Gasteiger partial charge on any atom is -0.356 e. The lowest BCUT2D eigenvalue weighted by Gasteiger charge is -2.26. The van der Waals surface area contributed by atoms with E-state index in [9.17, 15) is 4.79 Å². The Morgan fingerprint density at radius 2 is 2.27 bits per heavy atom. The van der Waals surface area contributed by atoms with Crippen LogP contribution in [0, 0.1) is 11.8 Å². The molecule has 0 radical (unpaired) electrons. The summed E-state index contributed by atoms with van der Waals surface area (Å²) in [5, 5.41) is 6.23. The summed E-state index contributed by atoms with van der Waals surface area (Å²) in [6.07, 6.45) is 1.93. The number of carbonyl (C=O) groups excluding carboxylic acids is 1. The second-order valence-corrected chi connectivity index (χ2v) is 4.95. The van der Waals surface area contributed by atoms with E-state index in [1.54, 1.807) is 0 Å². The van der Waals surface area contributed by atoms with Crippen molar-refractivity contribution in [3.05, 3.63) is 0 Å². The summed E-state index contributed by atoms with van der Waals surface area (Å²) < 4.78 is 0. The lowest BCUT2D eigenvalue weighted by molar-refractivity contribution is -0.122. The van der Waals surface area contributed by atoms with E-state index >= 15 is 0 Å². The van der Waals surface area contributed by atoms with Crippen LogP contribution in [0.25, 0.3) is 0 Å². The van der Waals surface area contributed by atoms with Crippen LogP contribution in [-0.2, 0) is 4.79 Å². The second-order valence-electron chi connectivity index (χ2n) is 4.95. The zero-order valence-corrected chi connectivity index (χ0v) is 9.46. The number of rotatable bonds is 4. The van der Waals surface area contributed by atoms with Gasteiger partial charge in [0, 0.05) is 19.5 Å². The summed E-state index contributed by atoms with van der Waals surface area (Å²) in [6, 6.07) is 0. The van der Waals surface area contributed by atoms with Crippen LogP contribution < -0.4 is 10.6 Å². The highest BCUT2D eigenvalue weighted by atomic mass is 16.1. The van der Waals surface area contributed by atoms with Gasteiger partial charge in [-0.25, -0.2) is 0 Å². The van der Waals surface area contributed by atoms with E-state index < -0.39 is 0 Å². The zero-order valence-electron chi connectivity index (χ0n) is 9.46. The molecule has 0 spiro atoms. The van der Waals surface area contributed by atoms with Crippen molar-refractivity contribution in [2.24, 2.45) is 11.8 Å². The number of hydrogen-bond donors (Lipinski definition) is 2. The number of amides is 1. The average molecular weight is 211 g/mol. The number of nitrogens with one attached hydrogen (secondary N) is 2. The highest BCUT2D eigenvalue weighted by Gasteiger charge is 2.22. The molecular formula is C11H21N3O. The fraction of sp³-hybridized carbons (Fsp3) is 0.909. The monoisotopic (exact) mass is 211 g/mol. The Labute approximate surface area is 91.4 Å². The first kappa shape index (κ1) is 10.9. The molecule has 0 bridgehead atoms. The summed E-state index contributed by atoms with van der Waals surface area (Å²) in [4.78, 5) is 13.9. The lowest BCUT2D eigenvalue weighted by atomic mass is 9.99. The topological polar surface area (TPSA) is 44.4 Å². The highest BCUT2D eigenvalue weighted by molar-refractivity contribution is 5.76. The maximum absolute atomic E-state index is 11.5. The van der Waals surface area contributed by atoms with E-state index in [1.165, 1.54) is 13.0 Å². The molecular weight excluding hydrogens is 190 g/mol. The van der Waals surface area contributed by atoms with Gasteiger partial charge in [-0.05, 0) is 44.9 Å². The normalized spacial score (nSPS) is 27.7. The molecule has 2 heterocycles. The van der Waals surface area contributed by atoms with E-state index in [4.69, 9.17) is 0 Å². The molecule has 0 aromatic rings. The predicted octanol–water partition coefficient (Wildman–Crippen LogP) is -0.336. The summed E-state index contributed by atoms with van der Waals surface area (Å²) in [6.45, 7) is 5.20. The molecule has 0 aromatic heterocycles. The van der Waals surface area contributed by atoms with Crippen molar-refractivity contribution in [1.29, 1.82) is 0 Å². The van der Waals surface area contributed by atoms with Gasteiger partial charge in [0.1, 0.15) is 0 Å². The minimum atomic E-state index is 0.232. The van der Waals surface area contributed by atoms with Crippen LogP contribution in [0.4, 0.5) is 0 Å². The van der Waals surface area contributed by atoms with Gasteiger partial charge in [-0.15, -0.1) is 0 Å². The number of hydrogen-bond acceptors (Lipinski definition) is 3. The van der Waals surface area contributed by atoms with E-state index in [1.807, 2.05) is 0 Å². The van der Waals surface area contributed by atoms with E-state index in [0.717, 1.165) is 26.2 Å². The Hall–Kier alpha value is -0.610. The average Bonchev–Trinajstić information content (AvgIpc) is 2.55. The third-order valence-corrected chi connectivity index (χ3v) is 3.42. The first-order valence-electron chi connectivity index (χ1n) is 5.90. The zero-order chi connectivity index (χ0) is 10.7. The Balaban J connectivity index is 1.58. The van der Waals surface area contributed by atoms with Gasteiger partial charge >= 0.3 is 0 Å². The van der Waals surface area contributed by atoms with Gasteiger partial charge in [0.25, 0.3) is 0 Å². The van der Waals surface area contributed by atoms with Crippen molar-refractivity contribution < 1.29 is 4.79 Å². The van der Waals surface area contributed by atoms with Gasteiger partial charge in [0.05, 0.1) is 0 Å². The van der Waals surface area contributed by atoms with Crippen molar-refractivity contribution in [2.75, 3.05) is 39.8 Å². The Morgan fingerprint density at radius 3 is 2.80 bits per heavy atom. The molecule has 2 aliphatic rings. The number of nitrogens with zero attached hydrogens (tertiary/aromatic N) is 1. The smallest absolute Gasteiger partial charge is 0.220 e. The van der Waals surface area contributed by atoms with Crippen LogP contribution in [0.3, 0.4) is 0 Å². The molecule has 0 aromatic carbocycles. The fourth-order valence-corrected chi connectivity index (χ4v) is 2.28. The molecule has 1 amide bonds. The Kier molecular flexibility index (Phi) is 3.59. The van der Waals surface area contributed by atoms with Crippen LogP contribution in [0.2, 0.25) is 0 Å². The largest absolute Gasteiger partial charge is 0.356 e. The molecule has 4 heteroatoms. The predicted molar refractivity (Wildman–Crippen MR) is 59.6 cm³/mol. The number of likely N-dealkylation sites (tertiary alicyclic amines) is 1. The summed E-state index contributed by atoms with van der Waals surface area (Å²) in [5.41, 5.74) is 0. The van der Waals surface area contributed by atoms with Crippen LogP contribution in [0.5, 0.6) is 0 Å². The standard InChI is InChI=1S/C11H21N3O/c1-14-3-2-9(8-14)7-13-11(15)4-10-5-12-6-10/h9-10,12H,2-8H2,1H3,(H,13,15). The third-order valence-electron chi connectivity index (χ3n) is 3.42. The molecule has 2 rings (SSSR count). The van der Waals surface area contributed by atoms with Crippen molar-refractivity contribution in [3.63, 3.8) is 0 Å². The molecule has 4 nitrogen and oxygen atoms in total. The van der Waals surface area contributed by atoms with Crippen molar-refractivity contribution in [3.8, 4) is 0 Å². The first-order valence-corrected chi connectivity index (χ1v) is 5.90. The molecule has 0 aliphatic carbocycles. The molecule has 15 heavy (non-hydrogen) atoms. The molecule has 2 aliphatic heterocycles. The van der Waals surface area contributed by atoms with E-state index in [-0.39, 0.29) is 5.91 Å². The third kappa shape index (κ3) is 3.18. The molecule has 1 unspecified atom stereocenters. The fourth-order valence-electron chi connectivity index (χ4n) is 2.28. The molecule has 1 atom stereocenters. The van der Waals surface area contributed by atoms with Crippen molar-refractivity contribution >= 4 is 5.91 Å². The van der Waals surface area contributed by atoms with Crippen LogP contribution in [0.1, 0.15) is 12.8 Å². The summed E-state index contributed by atoms with van der Waals surface area (Å²) in [5.74, 6) is 1.48. The summed E-state index contributed by atoms with van der Waals surface area (Å²) >= 11 is 0. The Morgan fingerprint density at radius 1 is 1.47 bits per heavy atom. The van der Waals surface area contributed by atoms with Gasteiger partial charge in [-0.2, -0.15) is 0 Å².